The number of hydrogen-bond donors (Lipinski definition) is 2. The molecule has 2 aromatic carbocycles. The molecule has 4 rings (SSSR count). The molecule has 1 aromatic heterocycles. The number of halogens is 1. The maximum Gasteiger partial charge on any atom is 0.264 e. The number of phenols is 1. The van der Waals surface area contributed by atoms with Gasteiger partial charge in [-0.1, -0.05) is 28.1 Å². The highest BCUT2D eigenvalue weighted by Crippen LogP contribution is 2.33. The van der Waals surface area contributed by atoms with Gasteiger partial charge in [-0.2, -0.15) is 0 Å². The van der Waals surface area contributed by atoms with E-state index in [1.54, 1.807) is 35.6 Å². The number of amides is 1. The van der Waals surface area contributed by atoms with Crippen LogP contribution in [-0.4, -0.2) is 16.2 Å². The molecule has 7 heteroatoms. The van der Waals surface area contributed by atoms with Crippen molar-refractivity contribution in [3.05, 3.63) is 74.9 Å². The van der Waals surface area contributed by atoms with Gasteiger partial charge in [-0.3, -0.25) is 4.79 Å². The fourth-order valence-electron chi connectivity index (χ4n) is 2.45. The maximum absolute atomic E-state index is 12.2. The number of thiophene rings is 1. The summed E-state index contributed by atoms with van der Waals surface area (Å²) in [6, 6.07) is 18.7. The van der Waals surface area contributed by atoms with E-state index in [2.05, 4.69) is 44.4 Å². The number of aromatic hydroxyl groups is 1. The number of amidine groups is 1. The van der Waals surface area contributed by atoms with Gasteiger partial charge in [-0.15, -0.1) is 11.3 Å². The molecule has 0 spiro atoms. The van der Waals surface area contributed by atoms with Crippen molar-refractivity contribution in [2.24, 2.45) is 4.99 Å². The van der Waals surface area contributed by atoms with Crippen LogP contribution in [0.2, 0.25) is 0 Å². The van der Waals surface area contributed by atoms with Gasteiger partial charge in [0.2, 0.25) is 0 Å². The summed E-state index contributed by atoms with van der Waals surface area (Å²) in [4.78, 5) is 19.4. The van der Waals surface area contributed by atoms with E-state index < -0.39 is 0 Å². The van der Waals surface area contributed by atoms with Crippen molar-refractivity contribution in [1.82, 2.24) is 5.32 Å². The van der Waals surface area contributed by atoms with E-state index in [-0.39, 0.29) is 11.7 Å². The summed E-state index contributed by atoms with van der Waals surface area (Å²) in [5.74, 6) is 0.0260. The molecule has 1 aliphatic heterocycles. The second kappa shape index (κ2) is 7.72. The summed E-state index contributed by atoms with van der Waals surface area (Å²) < 4.78 is 1.05. The lowest BCUT2D eigenvalue weighted by Crippen LogP contribution is -2.19. The zero-order valence-electron chi connectivity index (χ0n) is 13.8. The molecule has 0 radical (unpaired) electrons. The van der Waals surface area contributed by atoms with E-state index in [9.17, 15) is 9.90 Å². The van der Waals surface area contributed by atoms with Crippen molar-refractivity contribution in [2.75, 3.05) is 0 Å². The largest absolute Gasteiger partial charge is 0.508 e. The van der Waals surface area contributed by atoms with Crippen LogP contribution in [0.4, 0.5) is 5.69 Å². The number of nitrogens with zero attached hydrogens (tertiary/aromatic N) is 1. The Morgan fingerprint density at radius 3 is 2.48 bits per heavy atom. The van der Waals surface area contributed by atoms with Crippen LogP contribution in [-0.2, 0) is 4.79 Å². The van der Waals surface area contributed by atoms with Crippen LogP contribution in [0.25, 0.3) is 16.5 Å². The first-order chi connectivity index (χ1) is 13.1. The van der Waals surface area contributed by atoms with Crippen molar-refractivity contribution in [3.8, 4) is 16.2 Å². The minimum atomic E-state index is -0.156. The van der Waals surface area contributed by atoms with E-state index in [0.29, 0.717) is 15.8 Å². The quantitative estimate of drug-likeness (QED) is 0.491. The number of phenolic OH excluding ortho intramolecular Hbond substituents is 1. The molecule has 0 atom stereocenters. The molecule has 0 unspecified atom stereocenters. The standard InChI is InChI=1S/C20H13BrN2O2S2/c21-13-3-1-12(2-4-13)17-10-9-16(26-17)11-18-19(25)23-20(27-18)22-14-5-7-15(24)8-6-14/h1-11,24H,(H,22,23,25)/b18-11-. The van der Waals surface area contributed by atoms with E-state index >= 15 is 0 Å². The van der Waals surface area contributed by atoms with Gasteiger partial charge in [-0.05, 0) is 71.9 Å². The number of nitrogens with one attached hydrogen (secondary N) is 1. The number of thioether (sulfide) groups is 1. The first-order valence-electron chi connectivity index (χ1n) is 8.01. The minimum absolute atomic E-state index is 0.156. The van der Waals surface area contributed by atoms with Gasteiger partial charge in [0.15, 0.2) is 5.17 Å². The first kappa shape index (κ1) is 18.0. The van der Waals surface area contributed by atoms with Gasteiger partial charge >= 0.3 is 0 Å². The van der Waals surface area contributed by atoms with Crippen LogP contribution in [0.3, 0.4) is 0 Å². The predicted octanol–water partition coefficient (Wildman–Crippen LogP) is 5.77. The van der Waals surface area contributed by atoms with Crippen LogP contribution in [0.1, 0.15) is 4.88 Å². The predicted molar refractivity (Wildman–Crippen MR) is 116 cm³/mol. The fourth-order valence-corrected chi connectivity index (χ4v) is 4.58. The summed E-state index contributed by atoms with van der Waals surface area (Å²) in [7, 11) is 0. The highest BCUT2D eigenvalue weighted by molar-refractivity contribution is 9.10. The van der Waals surface area contributed by atoms with Crippen molar-refractivity contribution in [3.63, 3.8) is 0 Å². The Morgan fingerprint density at radius 1 is 1.00 bits per heavy atom. The molecule has 0 bridgehead atoms. The highest BCUT2D eigenvalue weighted by Gasteiger charge is 2.24. The smallest absolute Gasteiger partial charge is 0.264 e. The van der Waals surface area contributed by atoms with Gasteiger partial charge in [0.25, 0.3) is 5.91 Å². The third-order valence-corrected chi connectivity index (χ3v) is 6.28. The van der Waals surface area contributed by atoms with Crippen LogP contribution in [0, 0.1) is 0 Å². The number of carbonyl (C=O) groups excluding carboxylic acids is 1. The molecule has 2 N–H and O–H groups in total. The zero-order valence-corrected chi connectivity index (χ0v) is 17.1. The molecule has 1 fully saturated rings. The van der Waals surface area contributed by atoms with Gasteiger partial charge in [0.05, 0.1) is 10.6 Å². The molecule has 27 heavy (non-hydrogen) atoms. The third-order valence-electron chi connectivity index (χ3n) is 3.76. The van der Waals surface area contributed by atoms with Gasteiger partial charge in [0, 0.05) is 14.2 Å². The number of benzene rings is 2. The van der Waals surface area contributed by atoms with Crippen LogP contribution in [0.15, 0.2) is 75.0 Å². The van der Waals surface area contributed by atoms with E-state index in [4.69, 9.17) is 0 Å². The molecular formula is C20H13BrN2O2S2. The normalized spacial score (nSPS) is 16.9. The van der Waals surface area contributed by atoms with Gasteiger partial charge in [-0.25, -0.2) is 4.99 Å². The molecule has 0 saturated carbocycles. The van der Waals surface area contributed by atoms with Crippen LogP contribution >= 0.6 is 39.0 Å². The molecule has 0 aliphatic carbocycles. The number of hydrogen-bond acceptors (Lipinski definition) is 5. The van der Waals surface area contributed by atoms with E-state index in [0.717, 1.165) is 19.8 Å². The monoisotopic (exact) mass is 456 g/mol. The topological polar surface area (TPSA) is 61.7 Å². The Balaban J connectivity index is 1.53. The van der Waals surface area contributed by atoms with Crippen molar-refractivity contribution in [1.29, 1.82) is 0 Å². The first-order valence-corrected chi connectivity index (χ1v) is 10.4. The lowest BCUT2D eigenvalue weighted by molar-refractivity contribution is -0.115. The SMILES string of the molecule is O=C1NC(=Nc2ccc(O)cc2)S/C1=C\c1ccc(-c2ccc(Br)cc2)s1. The number of aliphatic imine (C=N–C) groups is 1. The molecule has 4 nitrogen and oxygen atoms in total. The van der Waals surface area contributed by atoms with Crippen LogP contribution in [0.5, 0.6) is 5.75 Å². The fraction of sp³-hybridized carbons (Fsp3) is 0. The maximum atomic E-state index is 12.2. The Bertz CT molecular complexity index is 1050. The van der Waals surface area contributed by atoms with E-state index in [1.165, 1.54) is 11.8 Å². The number of carbonyl (C=O) groups is 1. The minimum Gasteiger partial charge on any atom is -0.508 e. The molecule has 1 amide bonds. The zero-order chi connectivity index (χ0) is 18.8. The lowest BCUT2D eigenvalue weighted by atomic mass is 10.2. The molecule has 3 aromatic rings. The Morgan fingerprint density at radius 2 is 1.74 bits per heavy atom. The van der Waals surface area contributed by atoms with Crippen molar-refractivity contribution < 1.29 is 9.90 Å². The molecular weight excluding hydrogens is 444 g/mol. The van der Waals surface area contributed by atoms with Gasteiger partial charge < -0.3 is 10.4 Å². The van der Waals surface area contributed by atoms with Crippen molar-refractivity contribution >= 4 is 61.9 Å². The molecule has 1 saturated heterocycles. The summed E-state index contributed by atoms with van der Waals surface area (Å²) in [5, 5.41) is 12.6. The molecule has 134 valence electrons. The number of rotatable bonds is 3. The lowest BCUT2D eigenvalue weighted by Gasteiger charge is -1.96. The third kappa shape index (κ3) is 4.32. The second-order valence-corrected chi connectivity index (χ2v) is 8.77. The average molecular weight is 457 g/mol. The van der Waals surface area contributed by atoms with E-state index in [1.807, 2.05) is 24.3 Å². The highest BCUT2D eigenvalue weighted by atomic mass is 79.9. The van der Waals surface area contributed by atoms with Crippen molar-refractivity contribution in [2.45, 2.75) is 0 Å². The van der Waals surface area contributed by atoms with Crippen LogP contribution < -0.4 is 5.32 Å². The molecule has 1 aliphatic rings. The Hall–Kier alpha value is -2.35. The summed E-state index contributed by atoms with van der Waals surface area (Å²) >= 11 is 6.39. The summed E-state index contributed by atoms with van der Waals surface area (Å²) in [5.41, 5.74) is 1.82. The summed E-state index contributed by atoms with van der Waals surface area (Å²) in [6.45, 7) is 0. The average Bonchev–Trinajstić information content (AvgIpc) is 3.25. The summed E-state index contributed by atoms with van der Waals surface area (Å²) in [6.07, 6.45) is 1.88. The Labute approximate surface area is 172 Å². The Kier molecular flexibility index (Phi) is 5.15. The van der Waals surface area contributed by atoms with Gasteiger partial charge in [0.1, 0.15) is 5.75 Å². The second-order valence-electron chi connectivity index (χ2n) is 5.71. The molecule has 2 heterocycles.